The third-order valence-corrected chi connectivity index (χ3v) is 3.80. The predicted octanol–water partition coefficient (Wildman–Crippen LogP) is 3.11. The minimum Gasteiger partial charge on any atom is -0.303 e. The number of aldehydes is 1. The van der Waals surface area contributed by atoms with E-state index in [9.17, 15) is 4.79 Å². The Morgan fingerprint density at radius 2 is 2.12 bits per heavy atom. The van der Waals surface area contributed by atoms with Crippen molar-refractivity contribution < 1.29 is 4.79 Å². The lowest BCUT2D eigenvalue weighted by molar-refractivity contribution is -0.116. The second kappa shape index (κ2) is 6.39. The van der Waals surface area contributed by atoms with Crippen LogP contribution in [0.4, 0.5) is 0 Å². The van der Waals surface area contributed by atoms with Gasteiger partial charge in [-0.1, -0.05) is 27.2 Å². The van der Waals surface area contributed by atoms with Gasteiger partial charge in [-0.3, -0.25) is 0 Å². The molecular formula is C14H27NO. The molecule has 1 saturated heterocycles. The molecular weight excluding hydrogens is 198 g/mol. The third kappa shape index (κ3) is 4.25. The summed E-state index contributed by atoms with van der Waals surface area (Å²) < 4.78 is 0. The Labute approximate surface area is 100 Å². The van der Waals surface area contributed by atoms with Gasteiger partial charge in [0, 0.05) is 12.0 Å². The van der Waals surface area contributed by atoms with E-state index in [0.29, 0.717) is 0 Å². The summed E-state index contributed by atoms with van der Waals surface area (Å²) in [5.41, 5.74) is -0.123. The maximum atomic E-state index is 11.2. The average Bonchev–Trinajstić information content (AvgIpc) is 2.44. The molecule has 0 N–H and O–H groups in total. The van der Waals surface area contributed by atoms with Gasteiger partial charge in [-0.15, -0.1) is 0 Å². The highest BCUT2D eigenvalue weighted by atomic mass is 16.1. The molecule has 0 aromatic heterocycles. The highest BCUT2D eigenvalue weighted by Gasteiger charge is 2.26. The van der Waals surface area contributed by atoms with Crippen LogP contribution in [0.5, 0.6) is 0 Å². The molecule has 0 amide bonds. The Kier molecular flexibility index (Phi) is 5.47. The van der Waals surface area contributed by atoms with E-state index in [1.165, 1.54) is 38.6 Å². The molecule has 2 atom stereocenters. The van der Waals surface area contributed by atoms with Crippen LogP contribution in [0.3, 0.4) is 0 Å². The van der Waals surface area contributed by atoms with Gasteiger partial charge in [-0.2, -0.15) is 0 Å². The van der Waals surface area contributed by atoms with E-state index in [4.69, 9.17) is 0 Å². The summed E-state index contributed by atoms with van der Waals surface area (Å²) in [6.07, 6.45) is 7.22. The standard InChI is InChI=1S/C14H27NO/c1-4-8-14(3,12-16)11-15-9-5-6-13(2)7-10-15/h12-13H,4-11H2,1-3H3. The number of carbonyl (C=O) groups is 1. The topological polar surface area (TPSA) is 20.3 Å². The van der Waals surface area contributed by atoms with Crippen LogP contribution in [0.15, 0.2) is 0 Å². The van der Waals surface area contributed by atoms with Crippen molar-refractivity contribution in [1.29, 1.82) is 0 Å². The van der Waals surface area contributed by atoms with Crippen molar-refractivity contribution in [2.75, 3.05) is 19.6 Å². The first-order chi connectivity index (χ1) is 7.59. The largest absolute Gasteiger partial charge is 0.303 e. The van der Waals surface area contributed by atoms with Crippen LogP contribution in [0, 0.1) is 11.3 Å². The van der Waals surface area contributed by atoms with Crippen LogP contribution in [0.2, 0.25) is 0 Å². The second-order valence-electron chi connectivity index (χ2n) is 5.83. The van der Waals surface area contributed by atoms with Crippen molar-refractivity contribution in [3.8, 4) is 0 Å². The third-order valence-electron chi connectivity index (χ3n) is 3.80. The van der Waals surface area contributed by atoms with Crippen LogP contribution in [0.1, 0.15) is 52.9 Å². The molecule has 0 radical (unpaired) electrons. The molecule has 0 bridgehead atoms. The van der Waals surface area contributed by atoms with E-state index in [1.54, 1.807) is 0 Å². The van der Waals surface area contributed by atoms with Crippen molar-refractivity contribution in [1.82, 2.24) is 4.90 Å². The van der Waals surface area contributed by atoms with Crippen LogP contribution >= 0.6 is 0 Å². The monoisotopic (exact) mass is 225 g/mol. The lowest BCUT2D eigenvalue weighted by Gasteiger charge is -2.30. The maximum absolute atomic E-state index is 11.2. The van der Waals surface area contributed by atoms with Crippen LogP contribution in [0.25, 0.3) is 0 Å². The van der Waals surface area contributed by atoms with E-state index in [-0.39, 0.29) is 5.41 Å². The van der Waals surface area contributed by atoms with Crippen LogP contribution in [-0.2, 0) is 4.79 Å². The predicted molar refractivity (Wildman–Crippen MR) is 68.5 cm³/mol. The summed E-state index contributed by atoms with van der Waals surface area (Å²) in [5.74, 6) is 0.860. The van der Waals surface area contributed by atoms with Gasteiger partial charge in [0.25, 0.3) is 0 Å². The van der Waals surface area contributed by atoms with Gasteiger partial charge < -0.3 is 9.69 Å². The number of carbonyl (C=O) groups excluding carboxylic acids is 1. The SMILES string of the molecule is CCCC(C)(C=O)CN1CCCC(C)CC1. The Hall–Kier alpha value is -0.370. The number of rotatable bonds is 5. The first kappa shape index (κ1) is 13.7. The summed E-state index contributed by atoms with van der Waals surface area (Å²) in [5, 5.41) is 0. The van der Waals surface area contributed by atoms with Crippen molar-refractivity contribution in [3.05, 3.63) is 0 Å². The van der Waals surface area contributed by atoms with Crippen molar-refractivity contribution >= 4 is 6.29 Å². The van der Waals surface area contributed by atoms with Crippen LogP contribution < -0.4 is 0 Å². The Morgan fingerprint density at radius 1 is 1.38 bits per heavy atom. The molecule has 1 aliphatic heterocycles. The van der Waals surface area contributed by atoms with E-state index in [1.807, 2.05) is 0 Å². The molecule has 0 aromatic rings. The molecule has 1 aliphatic rings. The van der Waals surface area contributed by atoms with Gasteiger partial charge in [0.05, 0.1) is 0 Å². The molecule has 0 saturated carbocycles. The first-order valence-electron chi connectivity index (χ1n) is 6.78. The van der Waals surface area contributed by atoms with E-state index in [0.717, 1.165) is 25.3 Å². The number of hydrogen-bond donors (Lipinski definition) is 0. The minimum absolute atomic E-state index is 0.123. The van der Waals surface area contributed by atoms with E-state index < -0.39 is 0 Å². The summed E-state index contributed by atoms with van der Waals surface area (Å²) in [4.78, 5) is 13.7. The normalized spacial score (nSPS) is 27.1. The summed E-state index contributed by atoms with van der Waals surface area (Å²) >= 11 is 0. The molecule has 94 valence electrons. The van der Waals surface area contributed by atoms with Crippen molar-refractivity contribution in [2.45, 2.75) is 52.9 Å². The molecule has 2 unspecified atom stereocenters. The summed E-state index contributed by atoms with van der Waals surface area (Å²) in [6, 6.07) is 0. The van der Waals surface area contributed by atoms with E-state index in [2.05, 4.69) is 25.7 Å². The summed E-state index contributed by atoms with van der Waals surface area (Å²) in [6.45, 7) is 9.92. The molecule has 1 heterocycles. The minimum atomic E-state index is -0.123. The highest BCUT2D eigenvalue weighted by molar-refractivity contribution is 5.58. The Morgan fingerprint density at radius 3 is 2.75 bits per heavy atom. The van der Waals surface area contributed by atoms with Gasteiger partial charge in [0.15, 0.2) is 0 Å². The number of likely N-dealkylation sites (tertiary alicyclic amines) is 1. The van der Waals surface area contributed by atoms with Gasteiger partial charge in [0.1, 0.15) is 6.29 Å². The van der Waals surface area contributed by atoms with Gasteiger partial charge in [-0.25, -0.2) is 0 Å². The average molecular weight is 225 g/mol. The zero-order chi connectivity index (χ0) is 12.0. The van der Waals surface area contributed by atoms with E-state index >= 15 is 0 Å². The second-order valence-corrected chi connectivity index (χ2v) is 5.83. The first-order valence-corrected chi connectivity index (χ1v) is 6.78. The van der Waals surface area contributed by atoms with Gasteiger partial charge in [0.2, 0.25) is 0 Å². The quantitative estimate of drug-likeness (QED) is 0.670. The molecule has 1 rings (SSSR count). The van der Waals surface area contributed by atoms with Crippen LogP contribution in [-0.4, -0.2) is 30.8 Å². The zero-order valence-corrected chi connectivity index (χ0v) is 11.2. The number of nitrogens with zero attached hydrogens (tertiary/aromatic N) is 1. The fourth-order valence-electron chi connectivity index (χ4n) is 2.74. The Balaban J connectivity index is 2.47. The molecule has 0 aliphatic carbocycles. The van der Waals surface area contributed by atoms with Crippen molar-refractivity contribution in [2.24, 2.45) is 11.3 Å². The molecule has 16 heavy (non-hydrogen) atoms. The lowest BCUT2D eigenvalue weighted by Crippen LogP contribution is -2.37. The summed E-state index contributed by atoms with van der Waals surface area (Å²) in [7, 11) is 0. The highest BCUT2D eigenvalue weighted by Crippen LogP contribution is 2.24. The molecule has 0 spiro atoms. The Bertz CT molecular complexity index is 217. The molecule has 0 aromatic carbocycles. The fourth-order valence-corrected chi connectivity index (χ4v) is 2.74. The van der Waals surface area contributed by atoms with Gasteiger partial charge in [-0.05, 0) is 44.7 Å². The molecule has 2 nitrogen and oxygen atoms in total. The smallest absolute Gasteiger partial charge is 0.127 e. The fraction of sp³-hybridized carbons (Fsp3) is 0.929. The number of hydrogen-bond acceptors (Lipinski definition) is 2. The maximum Gasteiger partial charge on any atom is 0.127 e. The lowest BCUT2D eigenvalue weighted by atomic mass is 9.86. The molecule has 1 fully saturated rings. The van der Waals surface area contributed by atoms with Crippen molar-refractivity contribution in [3.63, 3.8) is 0 Å². The molecule has 2 heteroatoms. The van der Waals surface area contributed by atoms with Gasteiger partial charge >= 0.3 is 0 Å². The zero-order valence-electron chi connectivity index (χ0n) is 11.2.